The van der Waals surface area contributed by atoms with Crippen LogP contribution in [-0.4, -0.2) is 49.0 Å². The molecule has 126 valence electrons. The third-order valence-corrected chi connectivity index (χ3v) is 3.36. The van der Waals surface area contributed by atoms with Crippen LogP contribution in [0, 0.1) is 0 Å². The summed E-state index contributed by atoms with van der Waals surface area (Å²) < 4.78 is 10.3. The predicted molar refractivity (Wildman–Crippen MR) is 96.5 cm³/mol. The molecule has 6 heteroatoms. The second-order valence-corrected chi connectivity index (χ2v) is 5.38. The van der Waals surface area contributed by atoms with Crippen LogP contribution in [0.25, 0.3) is 0 Å². The minimum atomic E-state index is -0.232. The van der Waals surface area contributed by atoms with Gasteiger partial charge in [0.2, 0.25) is 0 Å². The van der Waals surface area contributed by atoms with E-state index in [9.17, 15) is 4.79 Å². The van der Waals surface area contributed by atoms with Crippen molar-refractivity contribution in [2.45, 2.75) is 26.7 Å². The third-order valence-electron chi connectivity index (χ3n) is 3.05. The second-order valence-electron chi connectivity index (χ2n) is 5.03. The molecule has 0 aromatic heterocycles. The highest BCUT2D eigenvalue weighted by Gasteiger charge is 2.32. The fraction of sp³-hybridized carbons (Fsp3) is 0.471. The van der Waals surface area contributed by atoms with E-state index in [1.54, 1.807) is 19.4 Å². The fourth-order valence-corrected chi connectivity index (χ4v) is 2.04. The van der Waals surface area contributed by atoms with E-state index in [0.29, 0.717) is 13.2 Å². The molecule has 0 atom stereocenters. The second kappa shape index (κ2) is 10.9. The van der Waals surface area contributed by atoms with E-state index in [1.165, 1.54) is 4.90 Å². The van der Waals surface area contributed by atoms with Gasteiger partial charge in [-0.1, -0.05) is 25.5 Å². The molecule has 0 aromatic carbocycles. The summed E-state index contributed by atoms with van der Waals surface area (Å²) in [6.45, 7) is 5.69. The van der Waals surface area contributed by atoms with Crippen molar-refractivity contribution in [3.63, 3.8) is 0 Å². The van der Waals surface area contributed by atoms with E-state index in [0.717, 1.165) is 25.0 Å². The van der Waals surface area contributed by atoms with Crippen LogP contribution in [0.1, 0.15) is 26.7 Å². The van der Waals surface area contributed by atoms with Crippen LogP contribution in [0.2, 0.25) is 0 Å². The maximum absolute atomic E-state index is 12.2. The Kier molecular flexibility index (Phi) is 9.09. The molecule has 1 amide bonds. The maximum atomic E-state index is 12.2. The van der Waals surface area contributed by atoms with Gasteiger partial charge in [-0.15, -0.1) is 0 Å². The van der Waals surface area contributed by atoms with E-state index in [4.69, 9.17) is 21.7 Å². The Labute approximate surface area is 143 Å². The van der Waals surface area contributed by atoms with E-state index in [1.807, 2.05) is 25.2 Å². The molecule has 0 aromatic rings. The molecular weight excluding hydrogens is 312 g/mol. The molecule has 1 aliphatic heterocycles. The van der Waals surface area contributed by atoms with Crippen molar-refractivity contribution in [3.05, 3.63) is 35.6 Å². The number of amides is 1. The molecule has 0 N–H and O–H groups in total. The molecule has 0 aliphatic carbocycles. The van der Waals surface area contributed by atoms with Crippen molar-refractivity contribution < 1.29 is 14.3 Å². The van der Waals surface area contributed by atoms with Crippen molar-refractivity contribution in [2.75, 3.05) is 26.8 Å². The molecular formula is C17H24N2O3S. The van der Waals surface area contributed by atoms with Gasteiger partial charge in [-0.2, -0.15) is 0 Å². The van der Waals surface area contributed by atoms with Gasteiger partial charge < -0.3 is 9.47 Å². The van der Waals surface area contributed by atoms with Crippen molar-refractivity contribution in [3.8, 4) is 0 Å². The number of carbonyl (C=O) groups excluding carboxylic acids is 1. The van der Waals surface area contributed by atoms with Crippen LogP contribution < -0.4 is 0 Å². The number of thiocarbonyl (C=S) groups is 1. The SMILES string of the molecule is CCCC/N=C/C=C\C=C(C)\C=C1\OC(=S)N(CCOC)C1=O. The van der Waals surface area contributed by atoms with Crippen LogP contribution in [0.5, 0.6) is 0 Å². The molecule has 23 heavy (non-hydrogen) atoms. The average molecular weight is 336 g/mol. The van der Waals surface area contributed by atoms with Gasteiger partial charge in [0.25, 0.3) is 11.1 Å². The lowest BCUT2D eigenvalue weighted by molar-refractivity contribution is -0.123. The lowest BCUT2D eigenvalue weighted by Crippen LogP contribution is -2.31. The molecule has 0 unspecified atom stereocenters. The lowest BCUT2D eigenvalue weighted by atomic mass is 10.2. The number of hydrogen-bond donors (Lipinski definition) is 0. The Morgan fingerprint density at radius 3 is 2.91 bits per heavy atom. The van der Waals surface area contributed by atoms with Crippen LogP contribution in [-0.2, 0) is 14.3 Å². The first-order chi connectivity index (χ1) is 11.1. The van der Waals surface area contributed by atoms with Gasteiger partial charge in [-0.3, -0.25) is 14.7 Å². The van der Waals surface area contributed by atoms with Crippen molar-refractivity contribution in [1.82, 2.24) is 4.90 Å². The summed E-state index contributed by atoms with van der Waals surface area (Å²) in [7, 11) is 1.58. The predicted octanol–water partition coefficient (Wildman–Crippen LogP) is 3.03. The number of carbonyl (C=O) groups is 1. The number of methoxy groups -OCH3 is 1. The van der Waals surface area contributed by atoms with Gasteiger partial charge in [0.1, 0.15) is 0 Å². The summed E-state index contributed by atoms with van der Waals surface area (Å²) in [5, 5.41) is 0.171. The molecule has 1 aliphatic rings. The summed E-state index contributed by atoms with van der Waals surface area (Å²) in [5.74, 6) is 0.00905. The van der Waals surface area contributed by atoms with Crippen LogP contribution in [0.15, 0.2) is 40.6 Å². The summed E-state index contributed by atoms with van der Waals surface area (Å²) in [6, 6.07) is 0. The highest BCUT2D eigenvalue weighted by molar-refractivity contribution is 7.80. The van der Waals surface area contributed by atoms with Gasteiger partial charge in [-0.05, 0) is 43.3 Å². The molecule has 1 saturated heterocycles. The van der Waals surface area contributed by atoms with E-state index >= 15 is 0 Å². The molecule has 0 spiro atoms. The van der Waals surface area contributed by atoms with Crippen LogP contribution in [0.4, 0.5) is 0 Å². The zero-order valence-corrected chi connectivity index (χ0v) is 14.8. The number of rotatable bonds is 9. The first-order valence-corrected chi connectivity index (χ1v) is 8.08. The summed E-state index contributed by atoms with van der Waals surface area (Å²) >= 11 is 5.05. The highest BCUT2D eigenvalue weighted by atomic mass is 32.1. The Morgan fingerprint density at radius 1 is 1.43 bits per heavy atom. The summed E-state index contributed by atoms with van der Waals surface area (Å²) in [4.78, 5) is 17.8. The first kappa shape index (κ1) is 19.3. The Balaban J connectivity index is 2.58. The number of nitrogens with zero attached hydrogens (tertiary/aromatic N) is 2. The molecule has 5 nitrogen and oxygen atoms in total. The van der Waals surface area contributed by atoms with Gasteiger partial charge in [0, 0.05) is 19.9 Å². The number of allylic oxidation sites excluding steroid dienone is 5. The minimum Gasteiger partial charge on any atom is -0.426 e. The standard InChI is InChI=1S/C17H24N2O3S/c1-4-5-9-18-10-7-6-8-14(2)13-15-16(20)19(11-12-21-3)17(23)22-15/h6-8,10,13H,4-5,9,11-12H2,1-3H3/b7-6-,14-8+,15-13+,18-10+. The molecule has 0 bridgehead atoms. The van der Waals surface area contributed by atoms with E-state index in [2.05, 4.69) is 11.9 Å². The quantitative estimate of drug-likeness (QED) is 0.213. The lowest BCUT2D eigenvalue weighted by Gasteiger charge is -2.10. The van der Waals surface area contributed by atoms with Crippen molar-refractivity contribution in [1.29, 1.82) is 0 Å². The zero-order chi connectivity index (χ0) is 17.1. The van der Waals surface area contributed by atoms with Crippen LogP contribution in [0.3, 0.4) is 0 Å². The first-order valence-electron chi connectivity index (χ1n) is 7.67. The largest absolute Gasteiger partial charge is 0.426 e. The van der Waals surface area contributed by atoms with Crippen LogP contribution >= 0.6 is 12.2 Å². The number of unbranched alkanes of at least 4 members (excludes halogenated alkanes) is 1. The number of hydrogen-bond acceptors (Lipinski definition) is 5. The molecule has 1 fully saturated rings. The zero-order valence-electron chi connectivity index (χ0n) is 13.9. The Bertz CT molecular complexity index is 536. The Morgan fingerprint density at radius 2 is 2.22 bits per heavy atom. The number of aliphatic imine (C=N–C) groups is 1. The van der Waals surface area contributed by atoms with Gasteiger partial charge in [-0.25, -0.2) is 0 Å². The van der Waals surface area contributed by atoms with Gasteiger partial charge in [0.15, 0.2) is 5.76 Å². The molecule has 1 heterocycles. The maximum Gasteiger partial charge on any atom is 0.297 e. The summed E-state index contributed by atoms with van der Waals surface area (Å²) in [5.41, 5.74) is 0.892. The monoisotopic (exact) mass is 336 g/mol. The molecule has 0 radical (unpaired) electrons. The average Bonchev–Trinajstić information content (AvgIpc) is 2.78. The smallest absolute Gasteiger partial charge is 0.297 e. The van der Waals surface area contributed by atoms with E-state index in [-0.39, 0.29) is 16.8 Å². The highest BCUT2D eigenvalue weighted by Crippen LogP contribution is 2.18. The normalized spacial score (nSPS) is 18.0. The van der Waals surface area contributed by atoms with Gasteiger partial charge in [0.05, 0.1) is 13.2 Å². The minimum absolute atomic E-state index is 0.171. The molecule has 0 saturated carbocycles. The third kappa shape index (κ3) is 6.88. The Hall–Kier alpha value is -1.79. The van der Waals surface area contributed by atoms with E-state index < -0.39 is 0 Å². The topological polar surface area (TPSA) is 51.1 Å². The number of ether oxygens (including phenoxy) is 2. The molecule has 1 rings (SSSR count). The van der Waals surface area contributed by atoms with Crippen molar-refractivity contribution in [2.24, 2.45) is 4.99 Å². The van der Waals surface area contributed by atoms with Gasteiger partial charge >= 0.3 is 0 Å². The summed E-state index contributed by atoms with van der Waals surface area (Å²) in [6.07, 6.45) is 11.3. The van der Waals surface area contributed by atoms with Crippen molar-refractivity contribution >= 4 is 29.5 Å². The fourth-order valence-electron chi connectivity index (χ4n) is 1.77.